The van der Waals surface area contributed by atoms with Gasteiger partial charge in [-0.3, -0.25) is 0 Å². The maximum absolute atomic E-state index is 12.6. The highest BCUT2D eigenvalue weighted by atomic mass is 16.5. The zero-order chi connectivity index (χ0) is 18.8. The summed E-state index contributed by atoms with van der Waals surface area (Å²) < 4.78 is 5.43. The molecular weight excluding hydrogens is 346 g/mol. The summed E-state index contributed by atoms with van der Waals surface area (Å²) in [5.41, 5.74) is 2.81. The number of nitrogens with one attached hydrogen (secondary N) is 3. The van der Waals surface area contributed by atoms with Crippen LogP contribution in [0.5, 0.6) is 5.75 Å². The highest BCUT2D eigenvalue weighted by Gasteiger charge is 2.23. The number of H-pyrrole nitrogens is 2. The van der Waals surface area contributed by atoms with Crippen LogP contribution < -0.4 is 20.6 Å². The molecular formula is C19H21N5O3. The minimum absolute atomic E-state index is 0.146. The van der Waals surface area contributed by atoms with Crippen LogP contribution in [0, 0.1) is 0 Å². The van der Waals surface area contributed by atoms with Crippen molar-refractivity contribution in [1.29, 1.82) is 0 Å². The number of ether oxygens (including phenoxy) is 1. The van der Waals surface area contributed by atoms with Crippen LogP contribution in [0.2, 0.25) is 0 Å². The number of nitrogens with zero attached hydrogens (tertiary/aromatic N) is 2. The number of carbonyl (C=O) groups is 1. The van der Waals surface area contributed by atoms with Crippen molar-refractivity contribution in [3.8, 4) is 5.75 Å². The van der Waals surface area contributed by atoms with Crippen LogP contribution in [-0.2, 0) is 0 Å². The molecule has 3 N–H and O–H groups in total. The Bertz CT molecular complexity index is 1020. The summed E-state index contributed by atoms with van der Waals surface area (Å²) in [4.78, 5) is 33.3. The number of aromatic amines is 2. The number of rotatable bonds is 3. The third kappa shape index (κ3) is 3.46. The molecule has 1 saturated heterocycles. The first-order valence-corrected chi connectivity index (χ1v) is 8.80. The second kappa shape index (κ2) is 7.06. The van der Waals surface area contributed by atoms with Gasteiger partial charge in [-0.15, -0.1) is 0 Å². The van der Waals surface area contributed by atoms with E-state index >= 15 is 0 Å². The van der Waals surface area contributed by atoms with Crippen LogP contribution >= 0.6 is 0 Å². The van der Waals surface area contributed by atoms with E-state index in [2.05, 4.69) is 20.2 Å². The van der Waals surface area contributed by atoms with E-state index in [0.29, 0.717) is 29.8 Å². The fourth-order valence-electron chi connectivity index (χ4n) is 3.35. The summed E-state index contributed by atoms with van der Waals surface area (Å²) in [6.07, 6.45) is 0. The Balaban J connectivity index is 1.40. The highest BCUT2D eigenvalue weighted by Crippen LogP contribution is 2.28. The molecule has 0 saturated carbocycles. The molecule has 27 heavy (non-hydrogen) atoms. The fourth-order valence-corrected chi connectivity index (χ4v) is 3.35. The quantitative estimate of drug-likeness (QED) is 0.662. The number of piperazine rings is 1. The molecule has 0 spiro atoms. The lowest BCUT2D eigenvalue weighted by Gasteiger charge is -2.36. The van der Waals surface area contributed by atoms with Gasteiger partial charge in [0.15, 0.2) is 0 Å². The fraction of sp³-hybridized carbons (Fsp3) is 0.263. The van der Waals surface area contributed by atoms with E-state index in [1.54, 1.807) is 30.2 Å². The standard InChI is InChI=1S/C19H21N5O3/c1-27-17-5-3-2-4-16(17)23-8-10-24(11-9-23)19(26)20-13-6-7-14-15(12-13)22-18(25)21-14/h2-7,12H,8-11H2,1H3,(H,20,26)(H2,21,22,25). The molecule has 0 unspecified atom stereocenters. The van der Waals surface area contributed by atoms with Gasteiger partial charge in [-0.25, -0.2) is 9.59 Å². The molecule has 0 radical (unpaired) electrons. The smallest absolute Gasteiger partial charge is 0.323 e. The summed E-state index contributed by atoms with van der Waals surface area (Å²) >= 11 is 0. The predicted molar refractivity (Wildman–Crippen MR) is 105 cm³/mol. The topological polar surface area (TPSA) is 93.5 Å². The molecule has 140 valence electrons. The van der Waals surface area contributed by atoms with Crippen LogP contribution in [0.15, 0.2) is 47.3 Å². The van der Waals surface area contributed by atoms with Gasteiger partial charge in [0, 0.05) is 31.9 Å². The van der Waals surface area contributed by atoms with E-state index < -0.39 is 0 Å². The van der Waals surface area contributed by atoms with Crippen molar-refractivity contribution >= 4 is 28.4 Å². The van der Waals surface area contributed by atoms with Gasteiger partial charge in [-0.1, -0.05) is 12.1 Å². The van der Waals surface area contributed by atoms with Crippen molar-refractivity contribution in [2.45, 2.75) is 0 Å². The second-order valence-electron chi connectivity index (χ2n) is 6.42. The number of anilines is 2. The molecule has 2 amide bonds. The first kappa shape index (κ1) is 17.0. The normalized spacial score (nSPS) is 14.4. The Labute approximate surface area is 155 Å². The number of hydrogen-bond acceptors (Lipinski definition) is 4. The lowest BCUT2D eigenvalue weighted by molar-refractivity contribution is 0.208. The molecule has 1 aliphatic rings. The zero-order valence-electron chi connectivity index (χ0n) is 15.0. The van der Waals surface area contributed by atoms with Crippen LogP contribution in [0.3, 0.4) is 0 Å². The molecule has 0 bridgehead atoms. The van der Waals surface area contributed by atoms with Crippen LogP contribution in [0.25, 0.3) is 11.0 Å². The SMILES string of the molecule is COc1ccccc1N1CCN(C(=O)Nc2ccc3[nH]c(=O)[nH]c3c2)CC1. The molecule has 0 aliphatic carbocycles. The number of aromatic nitrogens is 2. The molecule has 2 aromatic carbocycles. The molecule has 3 aromatic rings. The van der Waals surface area contributed by atoms with E-state index in [1.165, 1.54) is 0 Å². The Morgan fingerprint density at radius 1 is 1.04 bits per heavy atom. The Morgan fingerprint density at radius 3 is 2.56 bits per heavy atom. The number of para-hydroxylation sites is 2. The van der Waals surface area contributed by atoms with Crippen LogP contribution in [0.4, 0.5) is 16.2 Å². The number of amides is 2. The van der Waals surface area contributed by atoms with E-state index in [0.717, 1.165) is 24.5 Å². The van der Waals surface area contributed by atoms with Crippen LogP contribution in [0.1, 0.15) is 0 Å². The van der Waals surface area contributed by atoms with Crippen molar-refractivity contribution in [2.75, 3.05) is 43.5 Å². The van der Waals surface area contributed by atoms with Gasteiger partial charge < -0.3 is 29.8 Å². The molecule has 1 aliphatic heterocycles. The van der Waals surface area contributed by atoms with Gasteiger partial charge in [0.25, 0.3) is 0 Å². The first-order valence-electron chi connectivity index (χ1n) is 8.80. The van der Waals surface area contributed by atoms with Crippen molar-refractivity contribution in [3.63, 3.8) is 0 Å². The molecule has 0 atom stereocenters. The van der Waals surface area contributed by atoms with Gasteiger partial charge in [-0.2, -0.15) is 0 Å². The Kier molecular flexibility index (Phi) is 4.45. The second-order valence-corrected chi connectivity index (χ2v) is 6.42. The zero-order valence-corrected chi connectivity index (χ0v) is 15.0. The number of hydrogen-bond donors (Lipinski definition) is 3. The monoisotopic (exact) mass is 367 g/mol. The minimum atomic E-state index is -0.263. The summed E-state index contributed by atoms with van der Waals surface area (Å²) in [7, 11) is 1.66. The summed E-state index contributed by atoms with van der Waals surface area (Å²) in [6, 6.07) is 13.0. The number of fused-ring (bicyclic) bond motifs is 1. The number of urea groups is 1. The average molecular weight is 367 g/mol. The third-order valence-corrected chi connectivity index (χ3v) is 4.76. The maximum Gasteiger partial charge on any atom is 0.323 e. The van der Waals surface area contributed by atoms with Gasteiger partial charge in [0.1, 0.15) is 5.75 Å². The Morgan fingerprint density at radius 2 is 1.78 bits per heavy atom. The van der Waals surface area contributed by atoms with Gasteiger partial charge in [-0.05, 0) is 30.3 Å². The van der Waals surface area contributed by atoms with Crippen LogP contribution in [-0.4, -0.2) is 54.2 Å². The third-order valence-electron chi connectivity index (χ3n) is 4.76. The van der Waals surface area contributed by atoms with Gasteiger partial charge in [0.2, 0.25) is 0 Å². The number of benzene rings is 2. The van der Waals surface area contributed by atoms with E-state index in [1.807, 2.05) is 24.3 Å². The van der Waals surface area contributed by atoms with E-state index in [-0.39, 0.29) is 11.7 Å². The van der Waals surface area contributed by atoms with Crippen molar-refractivity contribution in [1.82, 2.24) is 14.9 Å². The minimum Gasteiger partial charge on any atom is -0.495 e. The lowest BCUT2D eigenvalue weighted by atomic mass is 10.2. The first-order chi connectivity index (χ1) is 13.1. The van der Waals surface area contributed by atoms with Crippen molar-refractivity contribution in [3.05, 3.63) is 52.9 Å². The van der Waals surface area contributed by atoms with Crippen molar-refractivity contribution < 1.29 is 9.53 Å². The largest absolute Gasteiger partial charge is 0.495 e. The van der Waals surface area contributed by atoms with E-state index in [9.17, 15) is 9.59 Å². The number of carbonyl (C=O) groups excluding carboxylic acids is 1. The summed E-state index contributed by atoms with van der Waals surface area (Å²) in [6.45, 7) is 2.70. The molecule has 1 fully saturated rings. The van der Waals surface area contributed by atoms with Gasteiger partial charge >= 0.3 is 11.7 Å². The molecule has 8 nitrogen and oxygen atoms in total. The molecule has 1 aromatic heterocycles. The maximum atomic E-state index is 12.6. The molecule has 4 rings (SSSR count). The van der Waals surface area contributed by atoms with E-state index in [4.69, 9.17) is 4.74 Å². The molecule has 8 heteroatoms. The highest BCUT2D eigenvalue weighted by molar-refractivity contribution is 5.92. The lowest BCUT2D eigenvalue weighted by Crippen LogP contribution is -2.50. The number of methoxy groups -OCH3 is 1. The summed E-state index contributed by atoms with van der Waals surface area (Å²) in [5.74, 6) is 0.837. The predicted octanol–water partition coefficient (Wildman–Crippen LogP) is 2.22. The molecule has 2 heterocycles. The van der Waals surface area contributed by atoms with Crippen molar-refractivity contribution in [2.24, 2.45) is 0 Å². The summed E-state index contributed by atoms with van der Waals surface area (Å²) in [5, 5.41) is 2.90. The van der Waals surface area contributed by atoms with Gasteiger partial charge in [0.05, 0.1) is 23.8 Å². The Hall–Kier alpha value is -3.42. The number of imidazole rings is 1. The average Bonchev–Trinajstić information content (AvgIpc) is 3.07.